The van der Waals surface area contributed by atoms with E-state index in [1.54, 1.807) is 0 Å². The molecule has 0 N–H and O–H groups in total. The van der Waals surface area contributed by atoms with Gasteiger partial charge in [0.05, 0.1) is 12.2 Å². The summed E-state index contributed by atoms with van der Waals surface area (Å²) in [6, 6.07) is 21.1. The zero-order valence-corrected chi connectivity index (χ0v) is 24.3. The number of benzene rings is 2. The Balaban J connectivity index is 2.07. The van der Waals surface area contributed by atoms with Crippen molar-refractivity contribution in [2.45, 2.75) is 89.8 Å². The molecule has 1 saturated carbocycles. The summed E-state index contributed by atoms with van der Waals surface area (Å²) in [5, 5.41) is 2.32. The molecule has 1 fully saturated rings. The van der Waals surface area contributed by atoms with E-state index < -0.39 is 16.6 Å². The lowest BCUT2D eigenvalue weighted by molar-refractivity contribution is -0.123. The number of hydrogen-bond acceptors (Lipinski definition) is 3. The molecule has 2 atom stereocenters. The van der Waals surface area contributed by atoms with E-state index >= 15 is 0 Å². The van der Waals surface area contributed by atoms with E-state index in [0.29, 0.717) is 12.8 Å². The van der Waals surface area contributed by atoms with Gasteiger partial charge in [-0.05, 0) is 39.1 Å². The summed E-state index contributed by atoms with van der Waals surface area (Å²) >= 11 is 0. The first-order valence-electron chi connectivity index (χ1n) is 12.4. The smallest absolute Gasteiger partial charge is 0.261 e. The lowest BCUT2D eigenvalue weighted by atomic mass is 9.90. The maximum Gasteiger partial charge on any atom is 0.261 e. The minimum Gasteiger partial charge on any atom is -0.410 e. The molecule has 0 unspecified atom stereocenters. The predicted molar refractivity (Wildman–Crippen MR) is 148 cm³/mol. The molecule has 0 spiro atoms. The van der Waals surface area contributed by atoms with Crippen LogP contribution in [0, 0.1) is 0 Å². The minimum atomic E-state index is -2.79. The maximum absolute atomic E-state index is 13.0. The number of rotatable bonds is 6. The van der Waals surface area contributed by atoms with Gasteiger partial charge in [0.1, 0.15) is 5.78 Å². The molecule has 2 aromatic carbocycles. The Labute approximate surface area is 208 Å². The van der Waals surface area contributed by atoms with Crippen LogP contribution in [0.15, 0.2) is 72.8 Å². The molecule has 0 saturated heterocycles. The summed E-state index contributed by atoms with van der Waals surface area (Å²) in [4.78, 5) is 13.0. The van der Waals surface area contributed by atoms with Crippen molar-refractivity contribution in [3.8, 4) is 0 Å². The van der Waals surface area contributed by atoms with Gasteiger partial charge in [-0.15, -0.1) is 0 Å². The van der Waals surface area contributed by atoms with E-state index in [1.165, 1.54) is 10.4 Å². The molecule has 0 aromatic heterocycles. The van der Waals surface area contributed by atoms with E-state index in [9.17, 15) is 4.79 Å². The zero-order valence-electron chi connectivity index (χ0n) is 22.3. The van der Waals surface area contributed by atoms with Crippen molar-refractivity contribution in [3.05, 3.63) is 72.8 Å². The molecule has 184 valence electrons. The SMILES string of the molecule is C=C1[C@@H](O[Si](c2ccccc2)(c2ccccc2)C(C)(C)C)CC(=O)C[C@H]1O[Si](C)(C)C(C)(C)C. The molecule has 5 heteroatoms. The molecule has 1 aliphatic rings. The molecular formula is C29H42O3Si2. The molecule has 1 aliphatic carbocycles. The molecule has 3 rings (SSSR count). The number of Topliss-reactive ketones (excluding diaryl/α,β-unsaturated/α-hetero) is 1. The predicted octanol–water partition coefficient (Wildman–Crippen LogP) is 6.24. The summed E-state index contributed by atoms with van der Waals surface area (Å²) in [5.74, 6) is 0.194. The Morgan fingerprint density at radius 3 is 1.53 bits per heavy atom. The Bertz CT molecular complexity index is 962. The second-order valence-electron chi connectivity index (χ2n) is 12.2. The van der Waals surface area contributed by atoms with Crippen LogP contribution in [0.5, 0.6) is 0 Å². The molecule has 0 heterocycles. The summed E-state index contributed by atoms with van der Waals surface area (Å²) in [7, 11) is -4.86. The van der Waals surface area contributed by atoms with E-state index in [2.05, 4.69) is 110 Å². The molecule has 0 aliphatic heterocycles. The van der Waals surface area contributed by atoms with Gasteiger partial charge in [-0.25, -0.2) is 0 Å². The molecular weight excluding hydrogens is 452 g/mol. The standard InChI is InChI=1S/C29H42O3Si2/c1-22-26(31-33(8,9)28(2,3)4)20-23(30)21-27(22)32-34(29(5,6)7,24-16-12-10-13-17-24)25-18-14-11-15-19-25/h10-19,26-27H,1,20-21H2,2-9H3/t26-,27+/m1/s1. The third-order valence-electron chi connectivity index (χ3n) is 7.63. The fourth-order valence-electron chi connectivity index (χ4n) is 4.64. The largest absolute Gasteiger partial charge is 0.410 e. The summed E-state index contributed by atoms with van der Waals surface area (Å²) in [5.41, 5.74) is 0.914. The molecule has 0 amide bonds. The highest BCUT2D eigenvalue weighted by Crippen LogP contribution is 2.42. The van der Waals surface area contributed by atoms with Gasteiger partial charge in [-0.2, -0.15) is 0 Å². The lowest BCUT2D eigenvalue weighted by Crippen LogP contribution is -2.68. The van der Waals surface area contributed by atoms with Gasteiger partial charge in [-0.3, -0.25) is 4.79 Å². The van der Waals surface area contributed by atoms with E-state index in [-0.39, 0.29) is 28.1 Å². The average Bonchev–Trinajstić information content (AvgIpc) is 2.74. The van der Waals surface area contributed by atoms with E-state index in [1.807, 2.05) is 12.1 Å². The fourth-order valence-corrected chi connectivity index (χ4v) is 10.6. The van der Waals surface area contributed by atoms with Crippen LogP contribution >= 0.6 is 0 Å². The number of carbonyl (C=O) groups excluding carboxylic acids is 1. The van der Waals surface area contributed by atoms with Crippen molar-refractivity contribution in [1.82, 2.24) is 0 Å². The van der Waals surface area contributed by atoms with Crippen LogP contribution in [-0.2, 0) is 13.6 Å². The van der Waals surface area contributed by atoms with E-state index in [0.717, 1.165) is 5.57 Å². The number of carbonyl (C=O) groups is 1. The van der Waals surface area contributed by atoms with Gasteiger partial charge in [0.25, 0.3) is 8.32 Å². The fraction of sp³-hybridized carbons (Fsp3) is 0.483. The highest BCUT2D eigenvalue weighted by Gasteiger charge is 2.53. The van der Waals surface area contributed by atoms with Gasteiger partial charge in [-0.1, -0.05) is 109 Å². The van der Waals surface area contributed by atoms with Crippen LogP contribution in [-0.4, -0.2) is 34.6 Å². The minimum absolute atomic E-state index is 0.0577. The van der Waals surface area contributed by atoms with Gasteiger partial charge < -0.3 is 8.85 Å². The lowest BCUT2D eigenvalue weighted by Gasteiger charge is -2.48. The van der Waals surface area contributed by atoms with E-state index in [4.69, 9.17) is 8.85 Å². The van der Waals surface area contributed by atoms with Gasteiger partial charge in [0, 0.05) is 12.8 Å². The first-order valence-corrected chi connectivity index (χ1v) is 17.2. The van der Waals surface area contributed by atoms with Crippen molar-refractivity contribution < 1.29 is 13.6 Å². The Hall–Kier alpha value is -1.80. The number of hydrogen-bond donors (Lipinski definition) is 0. The van der Waals surface area contributed by atoms with Crippen molar-refractivity contribution >= 4 is 32.8 Å². The highest BCUT2D eigenvalue weighted by atomic mass is 28.4. The first kappa shape index (κ1) is 26.8. The third-order valence-corrected chi connectivity index (χ3v) is 17.2. The van der Waals surface area contributed by atoms with Crippen molar-refractivity contribution in [2.24, 2.45) is 0 Å². The summed E-state index contributed by atoms with van der Waals surface area (Å²) in [6.07, 6.45) is 0.111. The second-order valence-corrected chi connectivity index (χ2v) is 21.2. The second kappa shape index (κ2) is 9.69. The van der Waals surface area contributed by atoms with Gasteiger partial charge in [0.2, 0.25) is 0 Å². The zero-order chi connectivity index (χ0) is 25.4. The van der Waals surface area contributed by atoms with Crippen LogP contribution < -0.4 is 10.4 Å². The van der Waals surface area contributed by atoms with Gasteiger partial charge >= 0.3 is 0 Å². The molecule has 2 aromatic rings. The quantitative estimate of drug-likeness (QED) is 0.352. The molecule has 34 heavy (non-hydrogen) atoms. The summed E-state index contributed by atoms with van der Waals surface area (Å²) < 4.78 is 14.0. The Kier molecular flexibility index (Phi) is 7.64. The first-order chi connectivity index (χ1) is 15.7. The maximum atomic E-state index is 13.0. The molecule has 0 radical (unpaired) electrons. The number of ketones is 1. The van der Waals surface area contributed by atoms with Gasteiger partial charge in [0.15, 0.2) is 8.32 Å². The van der Waals surface area contributed by atoms with Crippen molar-refractivity contribution in [2.75, 3.05) is 0 Å². The van der Waals surface area contributed by atoms with Crippen LogP contribution in [0.2, 0.25) is 23.2 Å². The Morgan fingerprint density at radius 1 is 0.735 bits per heavy atom. The van der Waals surface area contributed by atoms with Crippen LogP contribution in [0.4, 0.5) is 0 Å². The molecule has 0 bridgehead atoms. The van der Waals surface area contributed by atoms with Crippen molar-refractivity contribution in [1.29, 1.82) is 0 Å². The molecule has 3 nitrogen and oxygen atoms in total. The van der Waals surface area contributed by atoms with Crippen LogP contribution in [0.1, 0.15) is 54.4 Å². The average molecular weight is 495 g/mol. The van der Waals surface area contributed by atoms with Crippen molar-refractivity contribution in [3.63, 3.8) is 0 Å². The van der Waals surface area contributed by atoms with Crippen LogP contribution in [0.3, 0.4) is 0 Å². The van der Waals surface area contributed by atoms with Crippen LogP contribution in [0.25, 0.3) is 0 Å². The highest BCUT2D eigenvalue weighted by molar-refractivity contribution is 6.99. The Morgan fingerprint density at radius 2 is 1.15 bits per heavy atom. The summed E-state index contributed by atoms with van der Waals surface area (Å²) in [6.45, 7) is 22.4. The third kappa shape index (κ3) is 5.23. The topological polar surface area (TPSA) is 35.5 Å². The monoisotopic (exact) mass is 494 g/mol. The normalized spacial score (nSPS) is 20.5.